The molecule has 106 valence electrons. The van der Waals surface area contributed by atoms with Crippen molar-refractivity contribution in [1.82, 2.24) is 9.55 Å². The van der Waals surface area contributed by atoms with Crippen molar-refractivity contribution in [3.05, 3.63) is 22.1 Å². The molecule has 0 aromatic carbocycles. The van der Waals surface area contributed by atoms with Crippen molar-refractivity contribution in [2.24, 2.45) is 0 Å². The molecule has 1 aromatic heterocycles. The summed E-state index contributed by atoms with van der Waals surface area (Å²) in [7, 11) is 0. The Labute approximate surface area is 104 Å². The Morgan fingerprint density at radius 1 is 1.47 bits per heavy atom. The van der Waals surface area contributed by atoms with Gasteiger partial charge < -0.3 is 10.1 Å². The smallest absolute Gasteiger partial charge is 0.358 e. The molecule has 0 N–H and O–H groups in total. The van der Waals surface area contributed by atoms with Gasteiger partial charge in [0.25, 0.3) is 0 Å². The summed E-state index contributed by atoms with van der Waals surface area (Å²) in [6.07, 6.45) is -5.65. The summed E-state index contributed by atoms with van der Waals surface area (Å²) in [6.45, 7) is -1.81. The lowest BCUT2D eigenvalue weighted by atomic mass is 10.2. The molecule has 0 spiro atoms. The molecule has 19 heavy (non-hydrogen) atoms. The van der Waals surface area contributed by atoms with E-state index in [2.05, 4.69) is 4.98 Å². The van der Waals surface area contributed by atoms with Gasteiger partial charge in [0.15, 0.2) is 11.5 Å². The number of nitrogens with zero attached hydrogens (tertiary/aromatic N) is 3. The van der Waals surface area contributed by atoms with E-state index in [4.69, 9.17) is 0 Å². The first kappa shape index (κ1) is 15.1. The van der Waals surface area contributed by atoms with Crippen molar-refractivity contribution in [2.45, 2.75) is 32.2 Å². The van der Waals surface area contributed by atoms with Crippen molar-refractivity contribution < 1.29 is 27.3 Å². The third kappa shape index (κ3) is 4.30. The average Bonchev–Trinajstić information content (AvgIpc) is 2.68. The molecule has 1 rings (SSSR count). The molecule has 0 amide bonds. The molecule has 0 fully saturated rings. The molecule has 0 atom stereocenters. The van der Waals surface area contributed by atoms with Gasteiger partial charge in [-0.2, -0.15) is 13.2 Å². The Balaban J connectivity index is 2.72. The number of hydrogen-bond acceptors (Lipinski definition) is 4. The summed E-state index contributed by atoms with van der Waals surface area (Å²) in [6, 6.07) is 0. The van der Waals surface area contributed by atoms with E-state index in [9.17, 15) is 32.5 Å². The molecule has 0 bridgehead atoms. The van der Waals surface area contributed by atoms with Crippen LogP contribution in [0.2, 0.25) is 0 Å². The zero-order valence-corrected chi connectivity index (χ0v) is 9.48. The number of aromatic nitrogens is 2. The molecule has 0 saturated carbocycles. The molecular weight excluding hydrogens is 274 g/mol. The van der Waals surface area contributed by atoms with Crippen LogP contribution in [0.4, 0.5) is 23.4 Å². The molecule has 6 nitrogen and oxygen atoms in total. The predicted octanol–water partition coefficient (Wildman–Crippen LogP) is 2.17. The van der Waals surface area contributed by atoms with Crippen molar-refractivity contribution in [3.63, 3.8) is 0 Å². The lowest BCUT2D eigenvalue weighted by Crippen LogP contribution is -2.16. The number of imidazole rings is 1. The average molecular weight is 283 g/mol. The van der Waals surface area contributed by atoms with Crippen LogP contribution in [0, 0.1) is 10.1 Å². The van der Waals surface area contributed by atoms with Crippen LogP contribution in [0.15, 0.2) is 6.33 Å². The monoisotopic (exact) mass is 283 g/mol. The lowest BCUT2D eigenvalue weighted by Gasteiger charge is -2.06. The Morgan fingerprint density at radius 2 is 2.11 bits per heavy atom. The Kier molecular flexibility index (Phi) is 4.57. The van der Waals surface area contributed by atoms with Gasteiger partial charge in [-0.3, -0.25) is 9.36 Å². The van der Waals surface area contributed by atoms with E-state index in [0.717, 1.165) is 10.9 Å². The number of halogens is 4. The van der Waals surface area contributed by atoms with E-state index in [1.807, 2.05) is 0 Å². The van der Waals surface area contributed by atoms with E-state index >= 15 is 0 Å². The molecule has 0 aliphatic carbocycles. The number of rotatable bonds is 6. The Hall–Kier alpha value is -2.00. The van der Waals surface area contributed by atoms with Gasteiger partial charge >= 0.3 is 12.0 Å². The van der Waals surface area contributed by atoms with Crippen LogP contribution in [0.5, 0.6) is 0 Å². The summed E-state index contributed by atoms with van der Waals surface area (Å²) in [5, 5.41) is 10.5. The number of alkyl halides is 4. The number of carbonyl (C=O) groups is 1. The van der Waals surface area contributed by atoms with Crippen LogP contribution in [0.25, 0.3) is 0 Å². The molecule has 0 unspecified atom stereocenters. The number of ketones is 1. The van der Waals surface area contributed by atoms with Crippen LogP contribution in [0.3, 0.4) is 0 Å². The van der Waals surface area contributed by atoms with Gasteiger partial charge in [-0.25, -0.2) is 4.39 Å². The first-order valence-corrected chi connectivity index (χ1v) is 5.07. The van der Waals surface area contributed by atoms with Gasteiger partial charge in [-0.05, 0) is 9.91 Å². The second kappa shape index (κ2) is 5.76. The normalized spacial score (nSPS) is 11.6. The van der Waals surface area contributed by atoms with Gasteiger partial charge in [-0.1, -0.05) is 0 Å². The fourth-order valence-corrected chi connectivity index (χ4v) is 1.37. The van der Waals surface area contributed by atoms with E-state index in [1.54, 1.807) is 0 Å². The minimum atomic E-state index is -4.46. The van der Waals surface area contributed by atoms with Crippen LogP contribution in [0.1, 0.15) is 18.5 Å². The fourth-order valence-electron chi connectivity index (χ4n) is 1.37. The summed E-state index contributed by atoms with van der Waals surface area (Å²) in [4.78, 5) is 24.1. The first-order chi connectivity index (χ1) is 8.74. The maximum atomic E-state index is 12.6. The predicted molar refractivity (Wildman–Crippen MR) is 54.0 cm³/mol. The van der Waals surface area contributed by atoms with E-state index in [1.165, 1.54) is 0 Å². The van der Waals surface area contributed by atoms with Crippen molar-refractivity contribution in [3.8, 4) is 0 Å². The molecule has 0 radical (unpaired) electrons. The topological polar surface area (TPSA) is 78.0 Å². The zero-order valence-electron chi connectivity index (χ0n) is 9.48. The number of nitro groups is 1. The van der Waals surface area contributed by atoms with Crippen LogP contribution < -0.4 is 0 Å². The zero-order chi connectivity index (χ0) is 14.6. The van der Waals surface area contributed by atoms with E-state index < -0.39 is 54.5 Å². The van der Waals surface area contributed by atoms with Gasteiger partial charge in [0.05, 0.1) is 13.0 Å². The second-order valence-corrected chi connectivity index (χ2v) is 3.69. The summed E-state index contributed by atoms with van der Waals surface area (Å²) in [5.41, 5.74) is -0.439. The van der Waals surface area contributed by atoms with Crippen molar-refractivity contribution in [1.29, 1.82) is 0 Å². The quantitative estimate of drug-likeness (QED) is 0.455. The molecule has 0 saturated heterocycles. The Bertz CT molecular complexity index is 484. The van der Waals surface area contributed by atoms with E-state index in [-0.39, 0.29) is 0 Å². The third-order valence-electron chi connectivity index (χ3n) is 2.26. The second-order valence-electron chi connectivity index (χ2n) is 3.69. The highest BCUT2D eigenvalue weighted by Crippen LogP contribution is 2.22. The van der Waals surface area contributed by atoms with Crippen LogP contribution >= 0.6 is 0 Å². The van der Waals surface area contributed by atoms with Gasteiger partial charge in [0.1, 0.15) is 6.67 Å². The molecule has 1 aromatic rings. The molecular formula is C9H9F4N3O3. The highest BCUT2D eigenvalue weighted by molar-refractivity contribution is 5.78. The van der Waals surface area contributed by atoms with Gasteiger partial charge in [0.2, 0.25) is 6.33 Å². The van der Waals surface area contributed by atoms with Crippen LogP contribution in [-0.4, -0.2) is 26.4 Å². The van der Waals surface area contributed by atoms with Crippen molar-refractivity contribution >= 4 is 11.6 Å². The number of Topliss-reactive ketones (excluding diaryl/α,β-unsaturated/α-hetero) is 1. The number of hydrogen-bond donors (Lipinski definition) is 0. The summed E-state index contributed by atoms with van der Waals surface area (Å²) in [5.74, 6) is -1.55. The van der Waals surface area contributed by atoms with Crippen molar-refractivity contribution in [2.75, 3.05) is 0 Å². The minimum absolute atomic E-state index is 0.439. The minimum Gasteiger partial charge on any atom is -0.358 e. The standard InChI is InChI=1S/C9H9F4N3O3/c10-3-7-8(16(18)19)14-5-15(7)4-6(17)1-2-9(11,12)13/h5H,1-4H2. The third-order valence-corrected chi connectivity index (χ3v) is 2.26. The molecule has 1 heterocycles. The maximum absolute atomic E-state index is 12.6. The largest absolute Gasteiger partial charge is 0.389 e. The van der Waals surface area contributed by atoms with Crippen LogP contribution in [-0.2, 0) is 18.0 Å². The molecule has 0 aliphatic heterocycles. The van der Waals surface area contributed by atoms with E-state index in [0.29, 0.717) is 0 Å². The van der Waals surface area contributed by atoms with Gasteiger partial charge in [-0.15, -0.1) is 0 Å². The molecule has 0 aliphatic rings. The SMILES string of the molecule is O=C(CCC(F)(F)F)Cn1cnc([N+](=O)[O-])c1CF. The summed E-state index contributed by atoms with van der Waals surface area (Å²) < 4.78 is 49.1. The first-order valence-electron chi connectivity index (χ1n) is 5.07. The highest BCUT2D eigenvalue weighted by Gasteiger charge is 2.28. The maximum Gasteiger partial charge on any atom is 0.389 e. The molecule has 10 heteroatoms. The van der Waals surface area contributed by atoms with Gasteiger partial charge in [0, 0.05) is 6.42 Å². The fraction of sp³-hybridized carbons (Fsp3) is 0.556. The highest BCUT2D eigenvalue weighted by atomic mass is 19.4. The number of carbonyl (C=O) groups excluding carboxylic acids is 1. The Morgan fingerprint density at radius 3 is 2.58 bits per heavy atom. The lowest BCUT2D eigenvalue weighted by molar-refractivity contribution is -0.390. The summed E-state index contributed by atoms with van der Waals surface area (Å²) >= 11 is 0.